The van der Waals surface area contributed by atoms with Crippen molar-refractivity contribution in [3.63, 3.8) is 0 Å². The van der Waals surface area contributed by atoms with E-state index in [-0.39, 0.29) is 35.5 Å². The zero-order valence-electron chi connectivity index (χ0n) is 13.9. The fourth-order valence-electron chi connectivity index (χ4n) is 3.72. The summed E-state index contributed by atoms with van der Waals surface area (Å²) in [6, 6.07) is 0. The van der Waals surface area contributed by atoms with E-state index in [4.69, 9.17) is 0 Å². The van der Waals surface area contributed by atoms with Gasteiger partial charge in [-0.3, -0.25) is 9.59 Å². The van der Waals surface area contributed by atoms with Gasteiger partial charge in [0.05, 0.1) is 11.8 Å². The van der Waals surface area contributed by atoms with Crippen LogP contribution in [0.15, 0.2) is 12.2 Å². The summed E-state index contributed by atoms with van der Waals surface area (Å²) in [6.45, 7) is 5.66. The maximum atomic E-state index is 12.6. The van der Waals surface area contributed by atoms with Crippen LogP contribution in [0.5, 0.6) is 0 Å². The maximum Gasteiger partial charge on any atom is 0.224 e. The van der Waals surface area contributed by atoms with Crippen molar-refractivity contribution in [3.8, 4) is 0 Å². The molecule has 22 heavy (non-hydrogen) atoms. The van der Waals surface area contributed by atoms with Crippen LogP contribution in [0.2, 0.25) is 0 Å². The summed E-state index contributed by atoms with van der Waals surface area (Å²) in [4.78, 5) is 25.2. The molecule has 2 bridgehead atoms. The van der Waals surface area contributed by atoms with E-state index in [1.54, 1.807) is 0 Å². The molecule has 0 saturated heterocycles. The van der Waals surface area contributed by atoms with Crippen molar-refractivity contribution in [1.82, 2.24) is 10.6 Å². The minimum Gasteiger partial charge on any atom is -0.356 e. The molecule has 0 unspecified atom stereocenters. The Hall–Kier alpha value is -1.32. The van der Waals surface area contributed by atoms with E-state index in [1.165, 1.54) is 0 Å². The first-order valence-electron chi connectivity index (χ1n) is 8.92. The monoisotopic (exact) mass is 306 g/mol. The predicted molar refractivity (Wildman–Crippen MR) is 88.2 cm³/mol. The molecule has 124 valence electrons. The number of nitrogens with one attached hydrogen (secondary N) is 2. The fourth-order valence-corrected chi connectivity index (χ4v) is 3.72. The molecular formula is C18H30N2O2. The molecule has 3 aliphatic carbocycles. The predicted octanol–water partition coefficient (Wildman–Crippen LogP) is 2.65. The molecule has 0 radical (unpaired) electrons. The smallest absolute Gasteiger partial charge is 0.224 e. The van der Waals surface area contributed by atoms with Gasteiger partial charge in [0.15, 0.2) is 0 Å². The van der Waals surface area contributed by atoms with Crippen molar-refractivity contribution >= 4 is 11.8 Å². The molecule has 2 N–H and O–H groups in total. The second-order valence-electron chi connectivity index (χ2n) is 6.63. The summed E-state index contributed by atoms with van der Waals surface area (Å²) >= 11 is 0. The normalized spacial score (nSPS) is 29.4. The second-order valence-corrected chi connectivity index (χ2v) is 6.63. The van der Waals surface area contributed by atoms with E-state index in [2.05, 4.69) is 36.6 Å². The van der Waals surface area contributed by atoms with Crippen molar-refractivity contribution in [3.05, 3.63) is 12.2 Å². The van der Waals surface area contributed by atoms with Crippen LogP contribution in [0.4, 0.5) is 0 Å². The minimum atomic E-state index is -0.178. The summed E-state index contributed by atoms with van der Waals surface area (Å²) in [5.41, 5.74) is 0. The molecule has 0 spiro atoms. The first-order chi connectivity index (χ1) is 10.7. The van der Waals surface area contributed by atoms with E-state index in [0.717, 1.165) is 51.6 Å². The highest BCUT2D eigenvalue weighted by Gasteiger charge is 2.47. The Morgan fingerprint density at radius 1 is 0.864 bits per heavy atom. The zero-order valence-corrected chi connectivity index (χ0v) is 13.9. The number of hydrogen-bond donors (Lipinski definition) is 2. The number of rotatable bonds is 8. The standard InChI is InChI=1S/C18H30N2O2/c1-3-5-11-19-17(21)15-13-7-9-14(10-8-13)16(15)18(22)20-12-6-4-2/h7,9,13-16H,3-6,8,10-12H2,1-2H3,(H,19,21)(H,20,22)/t13-,14-,15-,16-/m0/s1. The van der Waals surface area contributed by atoms with E-state index in [0.29, 0.717) is 0 Å². The van der Waals surface area contributed by atoms with Crippen LogP contribution in [0.3, 0.4) is 0 Å². The quantitative estimate of drug-likeness (QED) is 0.535. The number of carbonyl (C=O) groups excluding carboxylic acids is 2. The lowest BCUT2D eigenvalue weighted by Gasteiger charge is -2.43. The lowest BCUT2D eigenvalue weighted by Crippen LogP contribution is -2.52. The summed E-state index contributed by atoms with van der Waals surface area (Å²) in [7, 11) is 0. The zero-order chi connectivity index (χ0) is 15.9. The molecule has 1 saturated carbocycles. The van der Waals surface area contributed by atoms with Crippen LogP contribution in [0, 0.1) is 23.7 Å². The van der Waals surface area contributed by atoms with Gasteiger partial charge in [0.1, 0.15) is 0 Å². The lowest BCUT2D eigenvalue weighted by atomic mass is 9.61. The van der Waals surface area contributed by atoms with Gasteiger partial charge in [0.2, 0.25) is 11.8 Å². The van der Waals surface area contributed by atoms with Gasteiger partial charge in [-0.05, 0) is 37.5 Å². The molecule has 1 fully saturated rings. The van der Waals surface area contributed by atoms with Gasteiger partial charge in [-0.25, -0.2) is 0 Å². The van der Waals surface area contributed by atoms with Crippen LogP contribution >= 0.6 is 0 Å². The molecule has 0 heterocycles. The van der Waals surface area contributed by atoms with Crippen LogP contribution in [-0.2, 0) is 9.59 Å². The molecule has 3 aliphatic rings. The van der Waals surface area contributed by atoms with Crippen LogP contribution in [0.1, 0.15) is 52.4 Å². The highest BCUT2D eigenvalue weighted by Crippen LogP contribution is 2.45. The van der Waals surface area contributed by atoms with E-state index < -0.39 is 0 Å². The van der Waals surface area contributed by atoms with Crippen molar-refractivity contribution in [1.29, 1.82) is 0 Å². The third-order valence-corrected chi connectivity index (χ3v) is 5.01. The fraction of sp³-hybridized carbons (Fsp3) is 0.778. The third-order valence-electron chi connectivity index (χ3n) is 5.01. The van der Waals surface area contributed by atoms with Gasteiger partial charge in [-0.1, -0.05) is 38.8 Å². The topological polar surface area (TPSA) is 58.2 Å². The maximum absolute atomic E-state index is 12.6. The van der Waals surface area contributed by atoms with Crippen molar-refractivity contribution in [2.75, 3.05) is 13.1 Å². The molecule has 0 aromatic heterocycles. The average molecular weight is 306 g/mol. The number of fused-ring (bicyclic) bond motifs is 2. The number of carbonyl (C=O) groups is 2. The van der Waals surface area contributed by atoms with Crippen LogP contribution in [-0.4, -0.2) is 24.9 Å². The summed E-state index contributed by atoms with van der Waals surface area (Å²) < 4.78 is 0. The lowest BCUT2D eigenvalue weighted by molar-refractivity contribution is -0.140. The highest BCUT2D eigenvalue weighted by atomic mass is 16.2. The first kappa shape index (κ1) is 17.0. The number of allylic oxidation sites excluding steroid dienone is 2. The summed E-state index contributed by atoms with van der Waals surface area (Å²) in [6.07, 6.45) is 10.5. The van der Waals surface area contributed by atoms with Gasteiger partial charge < -0.3 is 10.6 Å². The Bertz CT molecular complexity index is 381. The van der Waals surface area contributed by atoms with Gasteiger partial charge in [-0.2, -0.15) is 0 Å². The van der Waals surface area contributed by atoms with E-state index >= 15 is 0 Å². The number of amides is 2. The van der Waals surface area contributed by atoms with Crippen LogP contribution in [0.25, 0.3) is 0 Å². The first-order valence-corrected chi connectivity index (χ1v) is 8.92. The highest BCUT2D eigenvalue weighted by molar-refractivity contribution is 5.89. The van der Waals surface area contributed by atoms with Crippen LogP contribution < -0.4 is 10.6 Å². The SMILES string of the molecule is CCCCNC(=O)[C@@H]1[C@@H](C(=O)NCCCC)[C@H]2C=C[C@H]1CC2. The summed E-state index contributed by atoms with van der Waals surface area (Å²) in [5.74, 6) is 0.248. The second kappa shape index (κ2) is 8.35. The molecule has 4 nitrogen and oxygen atoms in total. The van der Waals surface area contributed by atoms with Crippen molar-refractivity contribution in [2.45, 2.75) is 52.4 Å². The number of unbranched alkanes of at least 4 members (excludes halogenated alkanes) is 2. The number of hydrogen-bond acceptors (Lipinski definition) is 2. The molecule has 4 atom stereocenters. The van der Waals surface area contributed by atoms with E-state index in [9.17, 15) is 9.59 Å². The minimum absolute atomic E-state index is 0.0724. The van der Waals surface area contributed by atoms with Gasteiger partial charge in [0.25, 0.3) is 0 Å². The van der Waals surface area contributed by atoms with Gasteiger partial charge in [0, 0.05) is 13.1 Å². The summed E-state index contributed by atoms with van der Waals surface area (Å²) in [5, 5.41) is 6.07. The largest absolute Gasteiger partial charge is 0.356 e. The molecule has 0 aliphatic heterocycles. The Labute approximate surface area is 134 Å². The Balaban J connectivity index is 2.02. The molecule has 3 rings (SSSR count). The van der Waals surface area contributed by atoms with Gasteiger partial charge in [-0.15, -0.1) is 0 Å². The molecule has 4 heteroatoms. The van der Waals surface area contributed by atoms with E-state index in [1.807, 2.05) is 0 Å². The molecular weight excluding hydrogens is 276 g/mol. The van der Waals surface area contributed by atoms with Crippen molar-refractivity contribution < 1.29 is 9.59 Å². The molecule has 0 aromatic carbocycles. The van der Waals surface area contributed by atoms with Gasteiger partial charge >= 0.3 is 0 Å². The molecule has 0 aromatic rings. The average Bonchev–Trinajstić information content (AvgIpc) is 2.55. The Kier molecular flexibility index (Phi) is 6.47. The van der Waals surface area contributed by atoms with Crippen molar-refractivity contribution in [2.24, 2.45) is 23.7 Å². The Morgan fingerprint density at radius 2 is 1.27 bits per heavy atom. The third kappa shape index (κ3) is 3.90. The Morgan fingerprint density at radius 3 is 1.59 bits per heavy atom. The molecule has 2 amide bonds.